The zero-order valence-corrected chi connectivity index (χ0v) is 14.9. The summed E-state index contributed by atoms with van der Waals surface area (Å²) in [6.45, 7) is 6.97. The Balaban J connectivity index is 1.67. The predicted molar refractivity (Wildman–Crippen MR) is 99.8 cm³/mol. The summed E-state index contributed by atoms with van der Waals surface area (Å²) < 4.78 is 3.83. The zero-order valence-electron chi connectivity index (χ0n) is 14.9. The number of rotatable bonds is 5. The molecule has 5 nitrogen and oxygen atoms in total. The molecule has 130 valence electrons. The van der Waals surface area contributed by atoms with Crippen molar-refractivity contribution in [2.45, 2.75) is 39.3 Å². The van der Waals surface area contributed by atoms with Crippen LogP contribution in [-0.4, -0.2) is 20.3 Å². The van der Waals surface area contributed by atoms with Crippen molar-refractivity contribution in [3.8, 4) is 0 Å². The lowest BCUT2D eigenvalue weighted by Crippen LogP contribution is -2.22. The normalized spacial score (nSPS) is 11.5. The van der Waals surface area contributed by atoms with Gasteiger partial charge in [0, 0.05) is 18.9 Å². The molecule has 1 N–H and O–H groups in total. The number of amides is 1. The molecule has 0 aliphatic rings. The summed E-state index contributed by atoms with van der Waals surface area (Å²) >= 11 is 0. The summed E-state index contributed by atoms with van der Waals surface area (Å²) in [5.41, 5.74) is 2.50. The van der Waals surface area contributed by atoms with Gasteiger partial charge in [-0.3, -0.25) is 9.48 Å². The molecule has 0 aliphatic heterocycles. The van der Waals surface area contributed by atoms with Gasteiger partial charge < -0.3 is 9.88 Å². The first-order valence-corrected chi connectivity index (χ1v) is 8.49. The number of benzene rings is 1. The highest BCUT2D eigenvalue weighted by Gasteiger charge is 2.16. The van der Waals surface area contributed by atoms with Crippen LogP contribution < -0.4 is 5.32 Å². The smallest absolute Gasteiger partial charge is 0.272 e. The van der Waals surface area contributed by atoms with Crippen molar-refractivity contribution < 1.29 is 4.79 Å². The number of aryl methyl sites for hydroxylation is 2. The van der Waals surface area contributed by atoms with E-state index in [1.807, 2.05) is 52.0 Å². The van der Waals surface area contributed by atoms with Crippen molar-refractivity contribution in [2.24, 2.45) is 0 Å². The molecule has 3 aromatic rings. The molecule has 0 bridgehead atoms. The zero-order chi connectivity index (χ0) is 17.9. The maximum Gasteiger partial charge on any atom is 0.272 e. The Morgan fingerprint density at radius 1 is 1.12 bits per heavy atom. The molecule has 0 unspecified atom stereocenters. The Morgan fingerprint density at radius 2 is 1.88 bits per heavy atom. The number of anilines is 1. The van der Waals surface area contributed by atoms with Crippen LogP contribution in [0, 0.1) is 0 Å². The van der Waals surface area contributed by atoms with Gasteiger partial charge in [0.25, 0.3) is 5.91 Å². The van der Waals surface area contributed by atoms with Crippen molar-refractivity contribution in [3.05, 3.63) is 72.3 Å². The maximum atomic E-state index is 12.6. The average Bonchev–Trinajstić information content (AvgIpc) is 3.22. The highest BCUT2D eigenvalue weighted by Crippen LogP contribution is 2.17. The molecule has 0 atom stereocenters. The molecule has 0 radical (unpaired) electrons. The van der Waals surface area contributed by atoms with E-state index in [2.05, 4.69) is 43.3 Å². The molecule has 0 fully saturated rings. The van der Waals surface area contributed by atoms with Gasteiger partial charge in [-0.15, -0.1) is 0 Å². The Kier molecular flexibility index (Phi) is 4.74. The van der Waals surface area contributed by atoms with Gasteiger partial charge in [-0.05, 0) is 44.9 Å². The summed E-state index contributed by atoms with van der Waals surface area (Å²) in [7, 11) is 0. The number of carbonyl (C=O) groups is 1. The van der Waals surface area contributed by atoms with Crippen LogP contribution in [0.15, 0.2) is 61.1 Å². The fraction of sp³-hybridized carbons (Fsp3) is 0.300. The Bertz CT molecular complexity index is 840. The first kappa shape index (κ1) is 17.0. The van der Waals surface area contributed by atoms with Crippen LogP contribution in [0.1, 0.15) is 36.8 Å². The third-order valence-corrected chi connectivity index (χ3v) is 4.07. The SMILES string of the molecule is CC(C)(C)n1cc(NC(=O)c2cccn2CCc2ccccc2)cn1. The number of hydrogen-bond donors (Lipinski definition) is 1. The molecule has 0 aliphatic carbocycles. The highest BCUT2D eigenvalue weighted by atomic mass is 16.2. The number of nitrogens with zero attached hydrogens (tertiary/aromatic N) is 3. The summed E-state index contributed by atoms with van der Waals surface area (Å²) in [6, 6.07) is 14.0. The first-order valence-electron chi connectivity index (χ1n) is 8.49. The molecular weight excluding hydrogens is 312 g/mol. The van der Waals surface area contributed by atoms with E-state index in [9.17, 15) is 4.79 Å². The van der Waals surface area contributed by atoms with Gasteiger partial charge in [0.15, 0.2) is 0 Å². The van der Waals surface area contributed by atoms with Crippen molar-refractivity contribution >= 4 is 11.6 Å². The lowest BCUT2D eigenvalue weighted by atomic mass is 10.1. The molecule has 0 spiro atoms. The lowest BCUT2D eigenvalue weighted by molar-refractivity contribution is 0.101. The van der Waals surface area contributed by atoms with E-state index in [-0.39, 0.29) is 11.4 Å². The number of aromatic nitrogens is 3. The van der Waals surface area contributed by atoms with Crippen molar-refractivity contribution in [3.63, 3.8) is 0 Å². The van der Waals surface area contributed by atoms with Crippen LogP contribution in [0.4, 0.5) is 5.69 Å². The predicted octanol–water partition coefficient (Wildman–Crippen LogP) is 3.93. The van der Waals surface area contributed by atoms with Crippen molar-refractivity contribution in [1.82, 2.24) is 14.3 Å². The van der Waals surface area contributed by atoms with Crippen LogP contribution in [-0.2, 0) is 18.5 Å². The minimum absolute atomic E-state index is 0.112. The topological polar surface area (TPSA) is 51.9 Å². The van der Waals surface area contributed by atoms with Gasteiger partial charge in [0.05, 0.1) is 17.4 Å². The van der Waals surface area contributed by atoms with Gasteiger partial charge in [0.2, 0.25) is 0 Å². The molecule has 2 heterocycles. The van der Waals surface area contributed by atoms with E-state index in [0.29, 0.717) is 11.4 Å². The molecule has 2 aromatic heterocycles. The highest BCUT2D eigenvalue weighted by molar-refractivity contribution is 6.03. The third kappa shape index (κ3) is 4.18. The monoisotopic (exact) mass is 336 g/mol. The molecule has 3 rings (SSSR count). The summed E-state index contributed by atoms with van der Waals surface area (Å²) in [4.78, 5) is 12.6. The fourth-order valence-electron chi connectivity index (χ4n) is 2.66. The molecular formula is C20H24N4O. The second-order valence-electron chi connectivity index (χ2n) is 7.12. The quantitative estimate of drug-likeness (QED) is 0.767. The van der Waals surface area contributed by atoms with E-state index in [1.165, 1.54) is 5.56 Å². The standard InChI is InChI=1S/C20H24N4O/c1-20(2,3)24-15-17(14-21-24)22-19(25)18-10-7-12-23(18)13-11-16-8-5-4-6-9-16/h4-10,12,14-15H,11,13H2,1-3H3,(H,22,25). The third-order valence-electron chi connectivity index (χ3n) is 4.07. The fourth-order valence-corrected chi connectivity index (χ4v) is 2.66. The van der Waals surface area contributed by atoms with Gasteiger partial charge in [0.1, 0.15) is 5.69 Å². The van der Waals surface area contributed by atoms with E-state index < -0.39 is 0 Å². The Labute approximate surface area is 148 Å². The van der Waals surface area contributed by atoms with Gasteiger partial charge in [-0.2, -0.15) is 5.10 Å². The van der Waals surface area contributed by atoms with Crippen LogP contribution in [0.2, 0.25) is 0 Å². The minimum Gasteiger partial charge on any atom is -0.343 e. The number of hydrogen-bond acceptors (Lipinski definition) is 2. The first-order chi connectivity index (χ1) is 11.9. The summed E-state index contributed by atoms with van der Waals surface area (Å²) in [5, 5.41) is 7.25. The van der Waals surface area contributed by atoms with Crippen LogP contribution in [0.5, 0.6) is 0 Å². The van der Waals surface area contributed by atoms with Gasteiger partial charge >= 0.3 is 0 Å². The van der Waals surface area contributed by atoms with Crippen molar-refractivity contribution in [1.29, 1.82) is 0 Å². The lowest BCUT2D eigenvalue weighted by Gasteiger charge is -2.18. The molecule has 1 amide bonds. The number of nitrogens with one attached hydrogen (secondary N) is 1. The molecule has 5 heteroatoms. The second-order valence-corrected chi connectivity index (χ2v) is 7.12. The summed E-state index contributed by atoms with van der Waals surface area (Å²) in [5.74, 6) is -0.119. The largest absolute Gasteiger partial charge is 0.343 e. The van der Waals surface area contributed by atoms with Crippen LogP contribution in [0.25, 0.3) is 0 Å². The Morgan fingerprint density at radius 3 is 2.56 bits per heavy atom. The van der Waals surface area contributed by atoms with Gasteiger partial charge in [-0.1, -0.05) is 30.3 Å². The number of carbonyl (C=O) groups excluding carboxylic acids is 1. The molecule has 25 heavy (non-hydrogen) atoms. The van der Waals surface area contributed by atoms with E-state index in [1.54, 1.807) is 6.20 Å². The Hall–Kier alpha value is -2.82. The second kappa shape index (κ2) is 6.97. The van der Waals surface area contributed by atoms with Crippen LogP contribution in [0.3, 0.4) is 0 Å². The maximum absolute atomic E-state index is 12.6. The van der Waals surface area contributed by atoms with E-state index in [4.69, 9.17) is 0 Å². The summed E-state index contributed by atoms with van der Waals surface area (Å²) in [6.07, 6.45) is 6.36. The van der Waals surface area contributed by atoms with Crippen LogP contribution >= 0.6 is 0 Å². The van der Waals surface area contributed by atoms with E-state index in [0.717, 1.165) is 13.0 Å². The molecule has 0 saturated heterocycles. The van der Waals surface area contributed by atoms with E-state index >= 15 is 0 Å². The molecule has 0 saturated carbocycles. The minimum atomic E-state index is -0.119. The molecule has 1 aromatic carbocycles. The average molecular weight is 336 g/mol. The van der Waals surface area contributed by atoms with Gasteiger partial charge in [-0.25, -0.2) is 0 Å². The van der Waals surface area contributed by atoms with Crippen molar-refractivity contribution in [2.75, 3.05) is 5.32 Å².